The summed E-state index contributed by atoms with van der Waals surface area (Å²) < 4.78 is 9.21. The molecule has 3 heteroatoms. The smallest absolute Gasteiger partial charge is 0.143 e. The second-order valence-electron chi connectivity index (χ2n) is 17.7. The average Bonchev–Trinajstić information content (AvgIpc) is 3.97. The molecule has 11 aromatic carbocycles. The van der Waals surface area contributed by atoms with Gasteiger partial charge in [-0.2, -0.15) is 0 Å². The van der Waals surface area contributed by atoms with E-state index in [2.05, 4.69) is 276 Å². The first-order valence-corrected chi connectivity index (χ1v) is 23.6. The molecule has 0 N–H and O–H groups in total. The standard InChI is InChI=1S/C66H44N2O/c1-4-17-45(18-5-1)50-23-16-24-55(41-50)67(53-36-31-48(32-37-53)56-25-10-13-28-62(56)68-63-29-14-11-26-57(63)58-27-12-15-30-64(58)68)54-38-33-49(34-39-54)59-43-52(47-21-8-3-9-22-47)44-61-60-42-51(46-19-6-2-7-20-46)35-40-65(60)69-66(59)61/h1-44H. The van der Waals surface area contributed by atoms with Crippen LogP contribution in [0.4, 0.5) is 17.1 Å². The highest BCUT2D eigenvalue weighted by molar-refractivity contribution is 6.13. The number of rotatable bonds is 9. The number of hydrogen-bond acceptors (Lipinski definition) is 2. The molecule has 0 aliphatic rings. The number of fused-ring (bicyclic) bond motifs is 6. The van der Waals surface area contributed by atoms with Crippen molar-refractivity contribution in [3.63, 3.8) is 0 Å². The number of nitrogens with zero attached hydrogens (tertiary/aromatic N) is 2. The Hall–Kier alpha value is -9.18. The van der Waals surface area contributed by atoms with E-state index in [9.17, 15) is 0 Å². The summed E-state index contributed by atoms with van der Waals surface area (Å²) in [6.07, 6.45) is 0. The summed E-state index contributed by atoms with van der Waals surface area (Å²) >= 11 is 0. The fraction of sp³-hybridized carbons (Fsp3) is 0. The van der Waals surface area contributed by atoms with E-state index in [0.29, 0.717) is 0 Å². The average molecular weight is 881 g/mol. The van der Waals surface area contributed by atoms with E-state index in [1.165, 1.54) is 44.1 Å². The van der Waals surface area contributed by atoms with Gasteiger partial charge < -0.3 is 13.9 Å². The van der Waals surface area contributed by atoms with Crippen molar-refractivity contribution in [2.75, 3.05) is 4.90 Å². The van der Waals surface area contributed by atoms with Gasteiger partial charge >= 0.3 is 0 Å². The molecule has 0 saturated carbocycles. The third-order valence-electron chi connectivity index (χ3n) is 13.6. The second-order valence-corrected chi connectivity index (χ2v) is 17.7. The molecule has 0 atom stereocenters. The summed E-state index contributed by atoms with van der Waals surface area (Å²) in [4.78, 5) is 2.36. The van der Waals surface area contributed by atoms with E-state index in [-0.39, 0.29) is 0 Å². The maximum atomic E-state index is 6.80. The minimum atomic E-state index is 0.873. The Balaban J connectivity index is 0.931. The van der Waals surface area contributed by atoms with Crippen molar-refractivity contribution in [1.82, 2.24) is 4.57 Å². The van der Waals surface area contributed by atoms with Gasteiger partial charge in [0.1, 0.15) is 11.2 Å². The molecule has 324 valence electrons. The van der Waals surface area contributed by atoms with Crippen molar-refractivity contribution < 1.29 is 4.42 Å². The van der Waals surface area contributed by atoms with Crippen LogP contribution in [0.1, 0.15) is 0 Å². The maximum Gasteiger partial charge on any atom is 0.143 e. The van der Waals surface area contributed by atoms with E-state index in [1.54, 1.807) is 0 Å². The number of hydrogen-bond donors (Lipinski definition) is 0. The first-order chi connectivity index (χ1) is 34.2. The van der Waals surface area contributed by atoms with E-state index in [1.807, 2.05) is 0 Å². The Bertz CT molecular complexity index is 3930. The van der Waals surface area contributed by atoms with E-state index in [4.69, 9.17) is 4.42 Å². The van der Waals surface area contributed by atoms with Crippen molar-refractivity contribution in [2.45, 2.75) is 0 Å². The van der Waals surface area contributed by atoms with Crippen LogP contribution in [-0.4, -0.2) is 4.57 Å². The van der Waals surface area contributed by atoms with Gasteiger partial charge in [0.25, 0.3) is 0 Å². The van der Waals surface area contributed by atoms with Crippen LogP contribution in [0.2, 0.25) is 0 Å². The Morgan fingerprint density at radius 1 is 0.275 bits per heavy atom. The Morgan fingerprint density at radius 2 is 0.754 bits per heavy atom. The summed E-state index contributed by atoms with van der Waals surface area (Å²) in [6, 6.07) is 96.0. The minimum absolute atomic E-state index is 0.873. The van der Waals surface area contributed by atoms with Gasteiger partial charge in [0.15, 0.2) is 0 Å². The highest BCUT2D eigenvalue weighted by atomic mass is 16.3. The molecule has 0 aliphatic carbocycles. The number of aromatic nitrogens is 1. The van der Waals surface area contributed by atoms with Crippen LogP contribution in [0.3, 0.4) is 0 Å². The molecule has 69 heavy (non-hydrogen) atoms. The van der Waals surface area contributed by atoms with Crippen molar-refractivity contribution in [3.8, 4) is 61.3 Å². The van der Waals surface area contributed by atoms with Crippen LogP contribution in [0, 0.1) is 0 Å². The maximum absolute atomic E-state index is 6.80. The van der Waals surface area contributed by atoms with Crippen LogP contribution in [-0.2, 0) is 0 Å². The Labute approximate surface area is 401 Å². The molecule has 0 spiro atoms. The minimum Gasteiger partial charge on any atom is -0.455 e. The van der Waals surface area contributed by atoms with E-state index in [0.717, 1.165) is 78.1 Å². The van der Waals surface area contributed by atoms with Crippen molar-refractivity contribution in [2.24, 2.45) is 0 Å². The summed E-state index contributed by atoms with van der Waals surface area (Å²) in [7, 11) is 0. The van der Waals surface area contributed by atoms with Crippen molar-refractivity contribution >= 4 is 60.8 Å². The predicted octanol–water partition coefficient (Wildman–Crippen LogP) is 18.5. The number of anilines is 3. The lowest BCUT2D eigenvalue weighted by Gasteiger charge is -2.26. The van der Waals surface area contributed by atoms with E-state index < -0.39 is 0 Å². The Morgan fingerprint density at radius 3 is 1.38 bits per heavy atom. The van der Waals surface area contributed by atoms with Crippen molar-refractivity contribution in [1.29, 1.82) is 0 Å². The Kier molecular flexibility index (Phi) is 9.84. The molecule has 0 unspecified atom stereocenters. The van der Waals surface area contributed by atoms with Crippen LogP contribution < -0.4 is 4.90 Å². The fourth-order valence-electron chi connectivity index (χ4n) is 10.3. The molecule has 0 radical (unpaired) electrons. The molecule has 2 heterocycles. The van der Waals surface area contributed by atoms with Gasteiger partial charge in [0.05, 0.1) is 16.7 Å². The van der Waals surface area contributed by atoms with Gasteiger partial charge in [-0.25, -0.2) is 0 Å². The number of benzene rings is 11. The molecule has 0 amide bonds. The van der Waals surface area contributed by atoms with Crippen LogP contribution in [0.5, 0.6) is 0 Å². The third-order valence-corrected chi connectivity index (χ3v) is 13.6. The zero-order valence-electron chi connectivity index (χ0n) is 37.7. The lowest BCUT2D eigenvalue weighted by molar-refractivity contribution is 0.670. The predicted molar refractivity (Wildman–Crippen MR) is 290 cm³/mol. The summed E-state index contributed by atoms with van der Waals surface area (Å²) in [5.74, 6) is 0. The zero-order valence-corrected chi connectivity index (χ0v) is 37.7. The molecule has 0 saturated heterocycles. The molecule has 3 nitrogen and oxygen atoms in total. The first kappa shape index (κ1) is 40.1. The fourth-order valence-corrected chi connectivity index (χ4v) is 10.3. The zero-order chi connectivity index (χ0) is 45.7. The van der Waals surface area contributed by atoms with Gasteiger partial charge in [-0.3, -0.25) is 0 Å². The molecular weight excluding hydrogens is 837 g/mol. The van der Waals surface area contributed by atoms with Crippen molar-refractivity contribution in [3.05, 3.63) is 267 Å². The van der Waals surface area contributed by atoms with Gasteiger partial charge in [0.2, 0.25) is 0 Å². The lowest BCUT2D eigenvalue weighted by atomic mass is 9.95. The van der Waals surface area contributed by atoms with Crippen LogP contribution in [0.25, 0.3) is 105 Å². The van der Waals surface area contributed by atoms with Crippen LogP contribution in [0.15, 0.2) is 271 Å². The van der Waals surface area contributed by atoms with E-state index >= 15 is 0 Å². The van der Waals surface area contributed by atoms with Gasteiger partial charge in [0, 0.05) is 49.7 Å². The highest BCUT2D eigenvalue weighted by Crippen LogP contribution is 2.44. The molecule has 13 rings (SSSR count). The third kappa shape index (κ3) is 7.16. The highest BCUT2D eigenvalue weighted by Gasteiger charge is 2.20. The molecule has 0 aliphatic heterocycles. The number of para-hydroxylation sites is 3. The van der Waals surface area contributed by atoms with Gasteiger partial charge in [-0.05, 0) is 123 Å². The summed E-state index contributed by atoms with van der Waals surface area (Å²) in [5.41, 5.74) is 19.9. The van der Waals surface area contributed by atoms with Gasteiger partial charge in [-0.15, -0.1) is 0 Å². The summed E-state index contributed by atoms with van der Waals surface area (Å²) in [5, 5.41) is 4.71. The quantitative estimate of drug-likeness (QED) is 0.144. The monoisotopic (exact) mass is 880 g/mol. The SMILES string of the molecule is c1ccc(-c2cccc(N(c3ccc(-c4ccccc4-n4c5ccccc5c5ccccc54)cc3)c3ccc(-c4cc(-c5ccccc5)cc5c4oc4ccc(-c6ccccc6)cc45)cc3)c2)cc1. The summed E-state index contributed by atoms with van der Waals surface area (Å²) in [6.45, 7) is 0. The lowest BCUT2D eigenvalue weighted by Crippen LogP contribution is -2.10. The van der Waals surface area contributed by atoms with Gasteiger partial charge in [-0.1, -0.05) is 188 Å². The molecular formula is C66H44N2O. The van der Waals surface area contributed by atoms with Crippen LogP contribution >= 0.6 is 0 Å². The molecule has 2 aromatic heterocycles. The topological polar surface area (TPSA) is 21.3 Å². The second kappa shape index (κ2) is 16.9. The largest absolute Gasteiger partial charge is 0.455 e. The number of furan rings is 1. The first-order valence-electron chi connectivity index (χ1n) is 23.6. The molecule has 0 bridgehead atoms. The normalized spacial score (nSPS) is 11.5. The molecule has 0 fully saturated rings. The molecule has 13 aromatic rings.